The fourth-order valence-electron chi connectivity index (χ4n) is 6.03. The van der Waals surface area contributed by atoms with Gasteiger partial charge in [-0.15, -0.1) is 0 Å². The van der Waals surface area contributed by atoms with E-state index in [9.17, 15) is 0 Å². The summed E-state index contributed by atoms with van der Waals surface area (Å²) in [6.07, 6.45) is 0. The van der Waals surface area contributed by atoms with Crippen LogP contribution < -0.4 is 0 Å². The highest BCUT2D eigenvalue weighted by molar-refractivity contribution is 5.92. The van der Waals surface area contributed by atoms with Crippen molar-refractivity contribution in [3.05, 3.63) is 182 Å². The molecule has 2 nitrogen and oxygen atoms in total. The monoisotopic (exact) mass is 586 g/mol. The van der Waals surface area contributed by atoms with Crippen molar-refractivity contribution in [2.45, 2.75) is 0 Å². The molecule has 0 fully saturated rings. The molecule has 216 valence electrons. The number of benzene rings is 6. The third-order valence-electron chi connectivity index (χ3n) is 8.44. The van der Waals surface area contributed by atoms with Gasteiger partial charge in [-0.3, -0.25) is 0 Å². The predicted octanol–water partition coefficient (Wildman–Crippen LogP) is 11.6. The number of rotatable bonds is 6. The second-order valence-electron chi connectivity index (χ2n) is 11.5. The first-order valence-electron chi connectivity index (χ1n) is 15.6. The van der Waals surface area contributed by atoms with E-state index in [2.05, 4.69) is 158 Å². The number of pyridine rings is 2. The molecule has 0 unspecified atom stereocenters. The highest BCUT2D eigenvalue weighted by Gasteiger charge is 2.12. The first-order valence-corrected chi connectivity index (χ1v) is 15.6. The summed E-state index contributed by atoms with van der Waals surface area (Å²) in [5.41, 5.74) is 12.9. The van der Waals surface area contributed by atoms with Crippen LogP contribution in [-0.2, 0) is 0 Å². The molecule has 2 heterocycles. The lowest BCUT2D eigenvalue weighted by molar-refractivity contribution is 1.32. The van der Waals surface area contributed by atoms with Crippen molar-refractivity contribution in [3.8, 4) is 67.3 Å². The molecule has 0 bridgehead atoms. The van der Waals surface area contributed by atoms with E-state index >= 15 is 0 Å². The van der Waals surface area contributed by atoms with E-state index in [0.717, 1.165) is 67.3 Å². The normalized spacial score (nSPS) is 11.0. The van der Waals surface area contributed by atoms with Crippen molar-refractivity contribution in [2.24, 2.45) is 0 Å². The Labute approximate surface area is 269 Å². The smallest absolute Gasteiger partial charge is 0.0715 e. The topological polar surface area (TPSA) is 25.8 Å². The average Bonchev–Trinajstić information content (AvgIpc) is 3.15. The maximum atomic E-state index is 5.08. The Morgan fingerprint density at radius 1 is 0.217 bits per heavy atom. The number of hydrogen-bond donors (Lipinski definition) is 0. The molecule has 8 rings (SSSR count). The van der Waals surface area contributed by atoms with Gasteiger partial charge in [0.25, 0.3) is 0 Å². The first-order chi connectivity index (χ1) is 22.8. The zero-order valence-electron chi connectivity index (χ0n) is 25.2. The Bertz CT molecular complexity index is 2000. The van der Waals surface area contributed by atoms with E-state index in [1.54, 1.807) is 0 Å². The van der Waals surface area contributed by atoms with Crippen LogP contribution in [0.5, 0.6) is 0 Å². The largest absolute Gasteiger partial charge is 0.248 e. The molecule has 0 N–H and O–H groups in total. The molecule has 46 heavy (non-hydrogen) atoms. The molecule has 2 aromatic heterocycles. The lowest BCUT2D eigenvalue weighted by Crippen LogP contribution is -1.92. The van der Waals surface area contributed by atoms with Gasteiger partial charge in [0.15, 0.2) is 0 Å². The second-order valence-corrected chi connectivity index (χ2v) is 11.5. The summed E-state index contributed by atoms with van der Waals surface area (Å²) in [6.45, 7) is 0. The van der Waals surface area contributed by atoms with Crippen LogP contribution in [0.25, 0.3) is 78.1 Å². The fraction of sp³-hybridized carbons (Fsp3) is 0. The van der Waals surface area contributed by atoms with Gasteiger partial charge in [0.2, 0.25) is 0 Å². The Morgan fingerprint density at radius 2 is 0.522 bits per heavy atom. The SMILES string of the molecule is c1ccc(-c2cc(-c3ccc4ccc(-c5cc(-c6ccccc6)nc(-c6ccccc6)c5)cc4c3)cc(-c3ccccc3)n2)cc1. The van der Waals surface area contributed by atoms with E-state index in [1.807, 2.05) is 24.3 Å². The van der Waals surface area contributed by atoms with Gasteiger partial charge in [0, 0.05) is 22.3 Å². The van der Waals surface area contributed by atoms with E-state index in [4.69, 9.17) is 9.97 Å². The summed E-state index contributed by atoms with van der Waals surface area (Å²) in [6, 6.07) is 63.9. The molecule has 0 radical (unpaired) electrons. The third kappa shape index (κ3) is 5.60. The van der Waals surface area contributed by atoms with Gasteiger partial charge in [-0.05, 0) is 69.4 Å². The van der Waals surface area contributed by atoms with Gasteiger partial charge in [-0.25, -0.2) is 9.97 Å². The van der Waals surface area contributed by atoms with Crippen LogP contribution in [0.15, 0.2) is 182 Å². The van der Waals surface area contributed by atoms with Crippen LogP contribution in [0.4, 0.5) is 0 Å². The van der Waals surface area contributed by atoms with E-state index in [-0.39, 0.29) is 0 Å². The Morgan fingerprint density at radius 3 is 0.826 bits per heavy atom. The maximum absolute atomic E-state index is 5.08. The summed E-state index contributed by atoms with van der Waals surface area (Å²) in [5.74, 6) is 0. The quantitative estimate of drug-likeness (QED) is 0.194. The lowest BCUT2D eigenvalue weighted by atomic mass is 9.95. The van der Waals surface area contributed by atoms with Crippen molar-refractivity contribution >= 4 is 10.8 Å². The van der Waals surface area contributed by atoms with E-state index in [1.165, 1.54) is 10.8 Å². The van der Waals surface area contributed by atoms with Gasteiger partial charge in [-0.2, -0.15) is 0 Å². The minimum Gasteiger partial charge on any atom is -0.248 e. The van der Waals surface area contributed by atoms with E-state index < -0.39 is 0 Å². The lowest BCUT2D eigenvalue weighted by Gasteiger charge is -2.13. The maximum Gasteiger partial charge on any atom is 0.0715 e. The average molecular weight is 587 g/mol. The molecule has 0 amide bonds. The summed E-state index contributed by atoms with van der Waals surface area (Å²) in [4.78, 5) is 10.2. The molecule has 2 heteroatoms. The molecule has 8 aromatic rings. The predicted molar refractivity (Wildman–Crippen MR) is 192 cm³/mol. The van der Waals surface area contributed by atoms with Gasteiger partial charge in [0.05, 0.1) is 22.8 Å². The second kappa shape index (κ2) is 12.1. The first kappa shape index (κ1) is 27.4. The Kier molecular flexibility index (Phi) is 7.22. The molecule has 0 aliphatic rings. The molecule has 0 spiro atoms. The van der Waals surface area contributed by atoms with Crippen LogP contribution in [0, 0.1) is 0 Å². The van der Waals surface area contributed by atoms with Crippen molar-refractivity contribution in [2.75, 3.05) is 0 Å². The highest BCUT2D eigenvalue weighted by atomic mass is 14.7. The summed E-state index contributed by atoms with van der Waals surface area (Å²) >= 11 is 0. The summed E-state index contributed by atoms with van der Waals surface area (Å²) < 4.78 is 0. The molecular weight excluding hydrogens is 556 g/mol. The number of fused-ring (bicyclic) bond motifs is 1. The van der Waals surface area contributed by atoms with Crippen molar-refractivity contribution in [1.29, 1.82) is 0 Å². The molecule has 6 aromatic carbocycles. The van der Waals surface area contributed by atoms with Gasteiger partial charge >= 0.3 is 0 Å². The molecule has 0 atom stereocenters. The minimum absolute atomic E-state index is 0.962. The highest BCUT2D eigenvalue weighted by Crippen LogP contribution is 2.35. The van der Waals surface area contributed by atoms with Crippen LogP contribution in [0.1, 0.15) is 0 Å². The summed E-state index contributed by atoms with van der Waals surface area (Å²) in [5, 5.41) is 2.39. The fourth-order valence-corrected chi connectivity index (χ4v) is 6.03. The standard InChI is InChI=1S/C44H30N2/c1-5-13-32(14-6-1)41-27-39(28-42(45-41)33-15-7-2-8-16-33)36-23-21-31-22-24-37(26-38(31)25-36)40-29-43(34-17-9-3-10-18-34)46-44(30-40)35-19-11-4-12-20-35/h1-30H. The van der Waals surface area contributed by atoms with Crippen molar-refractivity contribution < 1.29 is 0 Å². The zero-order valence-corrected chi connectivity index (χ0v) is 25.2. The Hall–Kier alpha value is -6.12. The number of aromatic nitrogens is 2. The minimum atomic E-state index is 0.962. The van der Waals surface area contributed by atoms with Gasteiger partial charge in [-0.1, -0.05) is 146 Å². The van der Waals surface area contributed by atoms with Crippen LogP contribution in [0.3, 0.4) is 0 Å². The van der Waals surface area contributed by atoms with Crippen molar-refractivity contribution in [1.82, 2.24) is 9.97 Å². The molecular formula is C44H30N2. The molecule has 0 aliphatic heterocycles. The van der Waals surface area contributed by atoms with Crippen LogP contribution in [0.2, 0.25) is 0 Å². The molecule has 0 saturated carbocycles. The molecule has 0 saturated heterocycles. The third-order valence-corrected chi connectivity index (χ3v) is 8.44. The van der Waals surface area contributed by atoms with E-state index in [0.29, 0.717) is 0 Å². The number of nitrogens with zero attached hydrogens (tertiary/aromatic N) is 2. The summed E-state index contributed by atoms with van der Waals surface area (Å²) in [7, 11) is 0. The van der Waals surface area contributed by atoms with Gasteiger partial charge in [0.1, 0.15) is 0 Å². The van der Waals surface area contributed by atoms with Crippen LogP contribution in [-0.4, -0.2) is 9.97 Å². The van der Waals surface area contributed by atoms with Crippen LogP contribution >= 0.6 is 0 Å². The molecule has 0 aliphatic carbocycles. The van der Waals surface area contributed by atoms with Crippen molar-refractivity contribution in [3.63, 3.8) is 0 Å². The zero-order chi connectivity index (χ0) is 30.7. The van der Waals surface area contributed by atoms with Gasteiger partial charge < -0.3 is 0 Å². The Balaban J connectivity index is 1.25. The number of hydrogen-bond acceptors (Lipinski definition) is 2.